The molecule has 0 aromatic heterocycles. The zero-order valence-corrected chi connectivity index (χ0v) is 16.9. The molecule has 3 nitrogen and oxygen atoms in total. The van der Waals surface area contributed by atoms with Crippen LogP contribution >= 0.6 is 0 Å². The lowest BCUT2D eigenvalue weighted by Crippen LogP contribution is -2.14. The molecular weight excluding hydrogens is 308 g/mol. The second-order valence-electron chi connectivity index (χ2n) is 7.38. The molecule has 0 saturated heterocycles. The largest absolute Gasteiger partial charge is 0.385 e. The number of unbranched alkanes of at least 4 members (excludes halogenated alkanes) is 5. The zero-order valence-electron chi connectivity index (χ0n) is 16.9. The van der Waals surface area contributed by atoms with Crippen molar-refractivity contribution >= 4 is 11.4 Å². The smallest absolute Gasteiger partial charge is 0.0518 e. The van der Waals surface area contributed by atoms with Gasteiger partial charge in [0.15, 0.2) is 0 Å². The van der Waals surface area contributed by atoms with E-state index < -0.39 is 0 Å². The topological polar surface area (TPSA) is 33.3 Å². The lowest BCUT2D eigenvalue weighted by Gasteiger charge is -2.16. The Hall–Kier alpha value is -1.22. The van der Waals surface area contributed by atoms with E-state index in [2.05, 4.69) is 62.6 Å². The minimum Gasteiger partial charge on any atom is -0.385 e. The minimum absolute atomic E-state index is 0.323. The molecule has 1 atom stereocenters. The Bertz CT molecular complexity index is 417. The summed E-state index contributed by atoms with van der Waals surface area (Å²) >= 11 is 0. The molecule has 0 radical (unpaired) electrons. The first-order valence-corrected chi connectivity index (χ1v) is 10.3. The van der Waals surface area contributed by atoms with E-state index in [4.69, 9.17) is 4.74 Å². The first kappa shape index (κ1) is 21.8. The predicted molar refractivity (Wildman–Crippen MR) is 112 cm³/mol. The summed E-state index contributed by atoms with van der Waals surface area (Å²) in [7, 11) is 0. The van der Waals surface area contributed by atoms with E-state index in [1.165, 1.54) is 56.3 Å². The van der Waals surface area contributed by atoms with E-state index >= 15 is 0 Å². The molecule has 1 unspecified atom stereocenters. The molecule has 0 aliphatic heterocycles. The van der Waals surface area contributed by atoms with E-state index in [0.717, 1.165) is 19.6 Å². The Morgan fingerprint density at radius 2 is 1.48 bits per heavy atom. The molecule has 0 bridgehead atoms. The van der Waals surface area contributed by atoms with E-state index in [-0.39, 0.29) is 0 Å². The third-order valence-electron chi connectivity index (χ3n) is 4.39. The summed E-state index contributed by atoms with van der Waals surface area (Å²) in [5.74, 6) is 0. The van der Waals surface area contributed by atoms with E-state index in [1.807, 2.05) is 0 Å². The van der Waals surface area contributed by atoms with Crippen LogP contribution in [-0.2, 0) is 4.74 Å². The van der Waals surface area contributed by atoms with Gasteiger partial charge in [0.05, 0.1) is 6.10 Å². The third-order valence-corrected chi connectivity index (χ3v) is 4.39. The van der Waals surface area contributed by atoms with Gasteiger partial charge in [-0.05, 0) is 57.9 Å². The monoisotopic (exact) mass is 348 g/mol. The summed E-state index contributed by atoms with van der Waals surface area (Å²) in [6, 6.07) is 9.19. The molecule has 0 saturated carbocycles. The van der Waals surface area contributed by atoms with Gasteiger partial charge >= 0.3 is 0 Å². The molecule has 144 valence electrons. The molecule has 0 spiro atoms. The highest BCUT2D eigenvalue weighted by molar-refractivity contribution is 5.53. The molecule has 0 heterocycles. The summed E-state index contributed by atoms with van der Waals surface area (Å²) in [5, 5.41) is 7.06. The second-order valence-corrected chi connectivity index (χ2v) is 7.38. The van der Waals surface area contributed by atoms with Crippen LogP contribution in [0.5, 0.6) is 0 Å². The Kier molecular flexibility index (Phi) is 12.2. The fourth-order valence-electron chi connectivity index (χ4n) is 2.90. The van der Waals surface area contributed by atoms with Crippen LogP contribution in [0.2, 0.25) is 0 Å². The van der Waals surface area contributed by atoms with Crippen molar-refractivity contribution in [3.63, 3.8) is 0 Å². The maximum absolute atomic E-state index is 5.55. The van der Waals surface area contributed by atoms with Crippen LogP contribution < -0.4 is 10.6 Å². The maximum Gasteiger partial charge on any atom is 0.0518 e. The molecule has 1 aromatic carbocycles. The Labute approximate surface area is 155 Å². The number of hydrogen-bond acceptors (Lipinski definition) is 3. The standard InChI is InChI=1S/C22H40N2O/c1-5-6-7-8-9-10-12-20(4)24-22-15-13-21(14-16-22)23-17-11-18-25-19(2)3/h13-16,19-20,23-24H,5-12,17-18H2,1-4H3. The highest BCUT2D eigenvalue weighted by Crippen LogP contribution is 2.16. The molecule has 0 fully saturated rings. The number of rotatable bonds is 15. The van der Waals surface area contributed by atoms with Gasteiger partial charge < -0.3 is 15.4 Å². The number of ether oxygens (including phenoxy) is 1. The van der Waals surface area contributed by atoms with Crippen LogP contribution in [0.3, 0.4) is 0 Å². The lowest BCUT2D eigenvalue weighted by molar-refractivity contribution is 0.0787. The summed E-state index contributed by atoms with van der Waals surface area (Å²) < 4.78 is 5.55. The molecule has 0 aliphatic rings. The predicted octanol–water partition coefficient (Wildman–Crippen LogP) is 6.46. The van der Waals surface area contributed by atoms with Gasteiger partial charge in [0, 0.05) is 30.6 Å². The van der Waals surface area contributed by atoms with Gasteiger partial charge in [-0.2, -0.15) is 0 Å². The van der Waals surface area contributed by atoms with E-state index in [1.54, 1.807) is 0 Å². The van der Waals surface area contributed by atoms with Crippen LogP contribution in [0.25, 0.3) is 0 Å². The quantitative estimate of drug-likeness (QED) is 0.357. The zero-order chi connectivity index (χ0) is 18.3. The van der Waals surface area contributed by atoms with Gasteiger partial charge in [-0.1, -0.05) is 45.4 Å². The van der Waals surface area contributed by atoms with Crippen molar-refractivity contribution in [1.82, 2.24) is 0 Å². The van der Waals surface area contributed by atoms with Gasteiger partial charge in [-0.15, -0.1) is 0 Å². The average molecular weight is 349 g/mol. The lowest BCUT2D eigenvalue weighted by atomic mass is 10.1. The Morgan fingerprint density at radius 3 is 2.16 bits per heavy atom. The number of hydrogen-bond donors (Lipinski definition) is 2. The van der Waals surface area contributed by atoms with E-state index in [0.29, 0.717) is 12.1 Å². The maximum atomic E-state index is 5.55. The second kappa shape index (κ2) is 14.0. The van der Waals surface area contributed by atoms with Gasteiger partial charge in [-0.25, -0.2) is 0 Å². The Balaban J connectivity index is 2.14. The van der Waals surface area contributed by atoms with Crippen molar-refractivity contribution < 1.29 is 4.74 Å². The van der Waals surface area contributed by atoms with Crippen LogP contribution in [0.15, 0.2) is 24.3 Å². The van der Waals surface area contributed by atoms with Crippen LogP contribution in [0, 0.1) is 0 Å². The van der Waals surface area contributed by atoms with Gasteiger partial charge in [0.1, 0.15) is 0 Å². The highest BCUT2D eigenvalue weighted by atomic mass is 16.5. The molecule has 1 aromatic rings. The van der Waals surface area contributed by atoms with Crippen molar-refractivity contribution in [2.24, 2.45) is 0 Å². The van der Waals surface area contributed by atoms with Gasteiger partial charge in [0.25, 0.3) is 0 Å². The summed E-state index contributed by atoms with van der Waals surface area (Å²) in [6.45, 7) is 10.5. The van der Waals surface area contributed by atoms with Gasteiger partial charge in [-0.3, -0.25) is 0 Å². The molecule has 0 amide bonds. The number of nitrogens with one attached hydrogen (secondary N) is 2. The van der Waals surface area contributed by atoms with Crippen molar-refractivity contribution in [2.75, 3.05) is 23.8 Å². The molecular formula is C22H40N2O. The summed E-state index contributed by atoms with van der Waals surface area (Å²) in [6.07, 6.45) is 10.8. The third kappa shape index (κ3) is 11.9. The first-order chi connectivity index (χ1) is 12.1. The first-order valence-electron chi connectivity index (χ1n) is 10.3. The van der Waals surface area contributed by atoms with Crippen LogP contribution in [0.4, 0.5) is 11.4 Å². The minimum atomic E-state index is 0.323. The number of anilines is 2. The summed E-state index contributed by atoms with van der Waals surface area (Å²) in [4.78, 5) is 0. The molecule has 3 heteroatoms. The average Bonchev–Trinajstić information content (AvgIpc) is 2.59. The van der Waals surface area contributed by atoms with Crippen molar-refractivity contribution in [3.05, 3.63) is 24.3 Å². The van der Waals surface area contributed by atoms with Gasteiger partial charge in [0.2, 0.25) is 0 Å². The summed E-state index contributed by atoms with van der Waals surface area (Å²) in [5.41, 5.74) is 2.39. The molecule has 0 aliphatic carbocycles. The normalized spacial score (nSPS) is 12.4. The Morgan fingerprint density at radius 1 is 0.840 bits per heavy atom. The molecule has 1 rings (SSSR count). The van der Waals surface area contributed by atoms with Crippen molar-refractivity contribution in [3.8, 4) is 0 Å². The number of benzene rings is 1. The van der Waals surface area contributed by atoms with Crippen molar-refractivity contribution in [2.45, 2.75) is 91.2 Å². The van der Waals surface area contributed by atoms with E-state index in [9.17, 15) is 0 Å². The van der Waals surface area contributed by atoms with Crippen LogP contribution in [-0.4, -0.2) is 25.3 Å². The fraction of sp³-hybridized carbons (Fsp3) is 0.727. The SMILES string of the molecule is CCCCCCCCC(C)Nc1ccc(NCCCOC(C)C)cc1. The van der Waals surface area contributed by atoms with Crippen LogP contribution in [0.1, 0.15) is 79.1 Å². The molecule has 25 heavy (non-hydrogen) atoms. The fourth-order valence-corrected chi connectivity index (χ4v) is 2.90. The molecule has 2 N–H and O–H groups in total. The highest BCUT2D eigenvalue weighted by Gasteiger charge is 2.02. The van der Waals surface area contributed by atoms with Crippen molar-refractivity contribution in [1.29, 1.82) is 0 Å².